The molecule has 6 heteroatoms. The molecule has 1 aliphatic carbocycles. The van der Waals surface area contributed by atoms with Crippen molar-refractivity contribution in [2.45, 2.75) is 32.6 Å². The third kappa shape index (κ3) is 3.39. The molecule has 0 aromatic carbocycles. The van der Waals surface area contributed by atoms with Gasteiger partial charge in [0.2, 0.25) is 0 Å². The molecule has 0 bridgehead atoms. The number of methoxy groups -OCH3 is 1. The fourth-order valence-electron chi connectivity index (χ4n) is 2.86. The van der Waals surface area contributed by atoms with Gasteiger partial charge in [-0.2, -0.15) is 0 Å². The van der Waals surface area contributed by atoms with Gasteiger partial charge in [0, 0.05) is 25.1 Å². The molecule has 0 saturated heterocycles. The van der Waals surface area contributed by atoms with Crippen LogP contribution in [0.2, 0.25) is 0 Å². The van der Waals surface area contributed by atoms with Crippen LogP contribution in [0.1, 0.15) is 29.1 Å². The summed E-state index contributed by atoms with van der Waals surface area (Å²) in [5.41, 5.74) is 1.47. The lowest BCUT2D eigenvalue weighted by Crippen LogP contribution is -2.10. The highest BCUT2D eigenvalue weighted by Gasteiger charge is 2.21. The summed E-state index contributed by atoms with van der Waals surface area (Å²) in [6, 6.07) is 0. The minimum Gasteiger partial charge on any atom is -0.382 e. The van der Waals surface area contributed by atoms with Crippen LogP contribution in [0.4, 0.5) is 5.82 Å². The smallest absolute Gasteiger partial charge is 0.138 e. The van der Waals surface area contributed by atoms with Crippen molar-refractivity contribution in [1.82, 2.24) is 9.97 Å². The molecular weight excluding hydrogens is 298 g/mol. The number of aryl methyl sites for hydroxylation is 3. The maximum Gasteiger partial charge on any atom is 0.138 e. The van der Waals surface area contributed by atoms with E-state index in [9.17, 15) is 0 Å². The number of rotatable bonds is 8. The van der Waals surface area contributed by atoms with Gasteiger partial charge in [-0.15, -0.1) is 11.3 Å². The zero-order valence-electron chi connectivity index (χ0n) is 13.3. The molecule has 0 spiro atoms. The van der Waals surface area contributed by atoms with E-state index < -0.39 is 0 Å². The minimum atomic E-state index is 0.653. The first-order valence-electron chi connectivity index (χ1n) is 7.89. The zero-order valence-corrected chi connectivity index (χ0v) is 14.1. The van der Waals surface area contributed by atoms with Crippen LogP contribution in [0.15, 0.2) is 0 Å². The average molecular weight is 321 g/mol. The number of anilines is 1. The molecule has 1 N–H and O–H groups in total. The predicted octanol–water partition coefficient (Wildman–Crippen LogP) is 2.95. The third-order valence-corrected chi connectivity index (χ3v) is 5.05. The van der Waals surface area contributed by atoms with Crippen LogP contribution >= 0.6 is 11.3 Å². The zero-order chi connectivity index (χ0) is 15.4. The predicted molar refractivity (Wildman–Crippen MR) is 90.0 cm³/mol. The first-order chi connectivity index (χ1) is 10.8. The highest BCUT2D eigenvalue weighted by atomic mass is 32.1. The normalized spacial score (nSPS) is 13.7. The van der Waals surface area contributed by atoms with Gasteiger partial charge < -0.3 is 14.8 Å². The Morgan fingerprint density at radius 2 is 2.09 bits per heavy atom. The topological polar surface area (TPSA) is 56.3 Å². The first kappa shape index (κ1) is 15.6. The van der Waals surface area contributed by atoms with Crippen molar-refractivity contribution < 1.29 is 9.47 Å². The number of hydrogen-bond donors (Lipinski definition) is 1. The molecule has 3 rings (SSSR count). The summed E-state index contributed by atoms with van der Waals surface area (Å²) in [6.07, 6.45) is 4.58. The Morgan fingerprint density at radius 3 is 2.95 bits per heavy atom. The van der Waals surface area contributed by atoms with E-state index in [4.69, 9.17) is 9.47 Å². The van der Waals surface area contributed by atoms with Crippen molar-refractivity contribution in [3.8, 4) is 0 Å². The van der Waals surface area contributed by atoms with Gasteiger partial charge >= 0.3 is 0 Å². The van der Waals surface area contributed by atoms with Crippen LogP contribution in [-0.2, 0) is 22.3 Å². The van der Waals surface area contributed by atoms with Crippen LogP contribution in [-0.4, -0.2) is 43.4 Å². The molecule has 2 aromatic rings. The van der Waals surface area contributed by atoms with E-state index in [1.54, 1.807) is 7.11 Å². The second kappa shape index (κ2) is 7.35. The van der Waals surface area contributed by atoms with Crippen LogP contribution in [0.3, 0.4) is 0 Å². The van der Waals surface area contributed by atoms with Gasteiger partial charge in [0.15, 0.2) is 0 Å². The summed E-state index contributed by atoms with van der Waals surface area (Å²) in [5, 5.41) is 4.73. The molecule has 0 unspecified atom stereocenters. The van der Waals surface area contributed by atoms with Crippen molar-refractivity contribution in [2.75, 3.05) is 38.8 Å². The van der Waals surface area contributed by atoms with E-state index in [1.807, 2.05) is 18.3 Å². The van der Waals surface area contributed by atoms with Crippen LogP contribution < -0.4 is 5.32 Å². The van der Waals surface area contributed by atoms with Gasteiger partial charge in [-0.25, -0.2) is 9.97 Å². The number of hydrogen-bond acceptors (Lipinski definition) is 6. The van der Waals surface area contributed by atoms with Crippen molar-refractivity contribution >= 4 is 27.4 Å². The summed E-state index contributed by atoms with van der Waals surface area (Å²) < 4.78 is 10.4. The van der Waals surface area contributed by atoms with Gasteiger partial charge in [-0.3, -0.25) is 0 Å². The monoisotopic (exact) mass is 321 g/mol. The fraction of sp³-hybridized carbons (Fsp3) is 0.625. The molecule has 0 radical (unpaired) electrons. The summed E-state index contributed by atoms with van der Waals surface area (Å²) >= 11 is 1.84. The SMILES string of the molecule is COCCOCCCNc1nc(C)nc2sc3c(c12)CCC3. The van der Waals surface area contributed by atoms with Crippen LogP contribution in [0.25, 0.3) is 10.2 Å². The van der Waals surface area contributed by atoms with Gasteiger partial charge in [0.25, 0.3) is 0 Å². The molecule has 2 heterocycles. The molecule has 1 aliphatic rings. The Balaban J connectivity index is 1.63. The number of fused-ring (bicyclic) bond motifs is 3. The van der Waals surface area contributed by atoms with Gasteiger partial charge in [-0.05, 0) is 38.2 Å². The Hall–Kier alpha value is -1.24. The van der Waals surface area contributed by atoms with Crippen molar-refractivity contribution in [3.05, 3.63) is 16.3 Å². The van der Waals surface area contributed by atoms with Crippen LogP contribution in [0.5, 0.6) is 0 Å². The Morgan fingerprint density at radius 1 is 1.18 bits per heavy atom. The van der Waals surface area contributed by atoms with Gasteiger partial charge in [-0.1, -0.05) is 0 Å². The van der Waals surface area contributed by atoms with E-state index in [-0.39, 0.29) is 0 Å². The molecule has 0 atom stereocenters. The average Bonchev–Trinajstić information content (AvgIpc) is 3.06. The van der Waals surface area contributed by atoms with Gasteiger partial charge in [0.1, 0.15) is 16.5 Å². The molecule has 0 aliphatic heterocycles. The van der Waals surface area contributed by atoms with E-state index in [0.717, 1.165) is 42.5 Å². The Labute approximate surface area is 135 Å². The lowest BCUT2D eigenvalue weighted by atomic mass is 10.2. The molecule has 0 fully saturated rings. The summed E-state index contributed by atoms with van der Waals surface area (Å²) in [4.78, 5) is 11.9. The molecule has 2 aromatic heterocycles. The maximum absolute atomic E-state index is 5.49. The van der Waals surface area contributed by atoms with Crippen molar-refractivity contribution in [2.24, 2.45) is 0 Å². The van der Waals surface area contributed by atoms with Crippen LogP contribution in [0, 0.1) is 6.92 Å². The highest BCUT2D eigenvalue weighted by molar-refractivity contribution is 7.19. The molecular formula is C16H23N3O2S. The summed E-state index contributed by atoms with van der Waals surface area (Å²) in [6.45, 7) is 4.88. The molecule has 5 nitrogen and oxygen atoms in total. The number of thiophene rings is 1. The van der Waals surface area contributed by atoms with E-state index in [0.29, 0.717) is 13.2 Å². The third-order valence-electron chi connectivity index (χ3n) is 3.87. The molecule has 22 heavy (non-hydrogen) atoms. The second-order valence-corrected chi connectivity index (χ2v) is 6.63. The highest BCUT2D eigenvalue weighted by Crippen LogP contribution is 2.39. The maximum atomic E-state index is 5.49. The van der Waals surface area contributed by atoms with Crippen molar-refractivity contribution in [3.63, 3.8) is 0 Å². The quantitative estimate of drug-likeness (QED) is 0.758. The van der Waals surface area contributed by atoms with E-state index >= 15 is 0 Å². The standard InChI is InChI=1S/C16H23N3O2S/c1-11-18-15(17-7-4-8-21-10-9-20-2)14-12-5-3-6-13(12)22-16(14)19-11/h3-10H2,1-2H3,(H,17,18,19). The van der Waals surface area contributed by atoms with E-state index in [2.05, 4.69) is 15.3 Å². The Bertz CT molecular complexity index is 642. The number of nitrogens with zero attached hydrogens (tertiary/aromatic N) is 2. The first-order valence-corrected chi connectivity index (χ1v) is 8.70. The lowest BCUT2D eigenvalue weighted by molar-refractivity contribution is 0.0705. The Kier molecular flexibility index (Phi) is 5.23. The van der Waals surface area contributed by atoms with Crippen molar-refractivity contribution in [1.29, 1.82) is 0 Å². The van der Waals surface area contributed by atoms with E-state index in [1.165, 1.54) is 28.7 Å². The number of nitrogens with one attached hydrogen (secondary N) is 1. The number of ether oxygens (including phenoxy) is 2. The minimum absolute atomic E-state index is 0.653. The summed E-state index contributed by atoms with van der Waals surface area (Å²) in [5.74, 6) is 1.84. The number of aromatic nitrogens is 2. The van der Waals surface area contributed by atoms with Gasteiger partial charge in [0.05, 0.1) is 18.6 Å². The largest absolute Gasteiger partial charge is 0.382 e. The molecule has 120 valence electrons. The molecule has 0 saturated carbocycles. The molecule has 0 amide bonds. The lowest BCUT2D eigenvalue weighted by Gasteiger charge is -2.09. The fourth-order valence-corrected chi connectivity index (χ4v) is 4.16. The second-order valence-electron chi connectivity index (χ2n) is 5.54. The summed E-state index contributed by atoms with van der Waals surface area (Å²) in [7, 11) is 1.69.